The van der Waals surface area contributed by atoms with E-state index in [9.17, 15) is 19.5 Å². The van der Waals surface area contributed by atoms with Crippen LogP contribution in [0.4, 0.5) is 4.79 Å². The smallest absolute Gasteiger partial charge is 0.407 e. The van der Waals surface area contributed by atoms with Crippen molar-refractivity contribution in [3.05, 3.63) is 59.7 Å². The molecule has 1 heterocycles. The van der Waals surface area contributed by atoms with E-state index in [1.165, 1.54) is 4.90 Å². The number of carbonyl (C=O) groups excluding carboxylic acids is 2. The van der Waals surface area contributed by atoms with Gasteiger partial charge in [0, 0.05) is 12.5 Å². The van der Waals surface area contributed by atoms with E-state index in [1.807, 2.05) is 24.3 Å². The first-order chi connectivity index (χ1) is 17.0. The molecule has 2 N–H and O–H groups in total. The molecule has 7 heteroatoms. The standard InChI is InChI=1S/C28H30N2O5/c31-26(30-14-17-6-5-11-18(17)25(30)27(32)33)24(16-12-13-16)29-28(34)35-15-23-21-9-3-1-7-19(21)20-8-2-4-10-22(20)23/h1-4,7-10,16-18,23-25H,5-6,11-15H2,(H,29,34)(H,32,33). The maximum atomic E-state index is 13.5. The summed E-state index contributed by atoms with van der Waals surface area (Å²) >= 11 is 0. The molecule has 35 heavy (non-hydrogen) atoms. The minimum Gasteiger partial charge on any atom is -0.480 e. The predicted molar refractivity (Wildman–Crippen MR) is 129 cm³/mol. The van der Waals surface area contributed by atoms with Crippen LogP contribution in [-0.2, 0) is 14.3 Å². The molecule has 1 saturated heterocycles. The molecular formula is C28H30N2O5. The number of hydrogen-bond acceptors (Lipinski definition) is 4. The first-order valence-corrected chi connectivity index (χ1v) is 12.7. The molecule has 2 aromatic rings. The maximum absolute atomic E-state index is 13.5. The molecule has 0 radical (unpaired) electrons. The van der Waals surface area contributed by atoms with E-state index >= 15 is 0 Å². The molecule has 182 valence electrons. The summed E-state index contributed by atoms with van der Waals surface area (Å²) in [4.78, 5) is 39.9. The Balaban J connectivity index is 1.15. The van der Waals surface area contributed by atoms with Crippen LogP contribution in [0.15, 0.2) is 48.5 Å². The number of alkyl carbamates (subject to hydrolysis) is 1. The van der Waals surface area contributed by atoms with Crippen molar-refractivity contribution in [1.82, 2.24) is 10.2 Å². The summed E-state index contributed by atoms with van der Waals surface area (Å²) in [5.41, 5.74) is 4.57. The van der Waals surface area contributed by atoms with Crippen molar-refractivity contribution in [2.24, 2.45) is 17.8 Å². The minimum atomic E-state index is -0.941. The van der Waals surface area contributed by atoms with Crippen LogP contribution in [0.2, 0.25) is 0 Å². The van der Waals surface area contributed by atoms with Crippen LogP contribution < -0.4 is 5.32 Å². The van der Waals surface area contributed by atoms with Gasteiger partial charge in [0.2, 0.25) is 5.91 Å². The van der Waals surface area contributed by atoms with E-state index in [2.05, 4.69) is 29.6 Å². The highest BCUT2D eigenvalue weighted by Crippen LogP contribution is 2.45. The summed E-state index contributed by atoms with van der Waals surface area (Å²) < 4.78 is 5.67. The van der Waals surface area contributed by atoms with Gasteiger partial charge in [-0.1, -0.05) is 55.0 Å². The van der Waals surface area contributed by atoms with E-state index < -0.39 is 24.1 Å². The fourth-order valence-corrected chi connectivity index (χ4v) is 6.61. The molecule has 2 saturated carbocycles. The molecule has 4 atom stereocenters. The maximum Gasteiger partial charge on any atom is 0.407 e. The van der Waals surface area contributed by atoms with E-state index in [-0.39, 0.29) is 36.2 Å². The molecule has 0 bridgehead atoms. The molecule has 2 aromatic carbocycles. The number of nitrogens with zero attached hydrogens (tertiary/aromatic N) is 1. The number of carboxylic acid groups (broad SMARTS) is 1. The SMILES string of the molecule is O=C(NC(C(=O)N1CC2CCCC2C1C(=O)O)C1CC1)OCC1c2ccccc2-c2ccccc21. The van der Waals surface area contributed by atoms with Gasteiger partial charge in [-0.2, -0.15) is 0 Å². The van der Waals surface area contributed by atoms with Crippen molar-refractivity contribution >= 4 is 18.0 Å². The van der Waals surface area contributed by atoms with Gasteiger partial charge >= 0.3 is 12.1 Å². The highest BCUT2D eigenvalue weighted by Gasteiger charge is 2.52. The zero-order valence-electron chi connectivity index (χ0n) is 19.6. The number of likely N-dealkylation sites (tertiary alicyclic amines) is 1. The Labute approximate surface area is 204 Å². The number of carbonyl (C=O) groups is 3. The number of fused-ring (bicyclic) bond motifs is 4. The lowest BCUT2D eigenvalue weighted by molar-refractivity contribution is -0.150. The Bertz CT molecular complexity index is 1130. The number of ether oxygens (including phenoxy) is 1. The fourth-order valence-electron chi connectivity index (χ4n) is 6.61. The van der Waals surface area contributed by atoms with Crippen molar-refractivity contribution in [3.8, 4) is 11.1 Å². The van der Waals surface area contributed by atoms with Crippen molar-refractivity contribution < 1.29 is 24.2 Å². The van der Waals surface area contributed by atoms with Gasteiger partial charge in [-0.3, -0.25) is 4.79 Å². The summed E-state index contributed by atoms with van der Waals surface area (Å²) in [7, 11) is 0. The van der Waals surface area contributed by atoms with Gasteiger partial charge in [0.15, 0.2) is 0 Å². The molecule has 0 spiro atoms. The highest BCUT2D eigenvalue weighted by atomic mass is 16.5. The first-order valence-electron chi connectivity index (χ1n) is 12.7. The monoisotopic (exact) mass is 474 g/mol. The molecule has 4 aliphatic rings. The predicted octanol–water partition coefficient (Wildman–Crippen LogP) is 4.02. The zero-order chi connectivity index (χ0) is 24.1. The summed E-state index contributed by atoms with van der Waals surface area (Å²) in [5.74, 6) is -0.971. The molecule has 3 aliphatic carbocycles. The number of benzene rings is 2. The van der Waals surface area contributed by atoms with Crippen molar-refractivity contribution in [2.45, 2.75) is 50.1 Å². The number of hydrogen-bond donors (Lipinski definition) is 2. The van der Waals surface area contributed by atoms with Crippen molar-refractivity contribution in [1.29, 1.82) is 0 Å². The Kier molecular flexibility index (Phi) is 5.50. The van der Waals surface area contributed by atoms with E-state index in [1.54, 1.807) is 0 Å². The molecule has 4 unspecified atom stereocenters. The summed E-state index contributed by atoms with van der Waals surface area (Å²) in [5, 5.41) is 12.7. The van der Waals surface area contributed by atoms with Gasteiger partial charge in [0.05, 0.1) is 0 Å². The van der Waals surface area contributed by atoms with Crippen LogP contribution in [-0.4, -0.2) is 53.2 Å². The third kappa shape index (κ3) is 3.87. The van der Waals surface area contributed by atoms with Gasteiger partial charge in [-0.15, -0.1) is 0 Å². The van der Waals surface area contributed by atoms with Crippen LogP contribution in [0.25, 0.3) is 11.1 Å². The Morgan fingerprint density at radius 1 is 0.971 bits per heavy atom. The van der Waals surface area contributed by atoms with E-state index in [0.29, 0.717) is 6.54 Å². The van der Waals surface area contributed by atoms with E-state index in [4.69, 9.17) is 4.74 Å². The number of aliphatic carboxylic acids is 1. The van der Waals surface area contributed by atoms with Crippen LogP contribution >= 0.6 is 0 Å². The number of amides is 2. The summed E-state index contributed by atoms with van der Waals surface area (Å²) in [6.45, 7) is 0.646. The molecule has 3 fully saturated rings. The van der Waals surface area contributed by atoms with Crippen molar-refractivity contribution in [2.75, 3.05) is 13.2 Å². The highest BCUT2D eigenvalue weighted by molar-refractivity contribution is 5.90. The van der Waals surface area contributed by atoms with Gasteiger partial charge in [0.25, 0.3) is 0 Å². The second-order valence-corrected chi connectivity index (χ2v) is 10.4. The van der Waals surface area contributed by atoms with Gasteiger partial charge in [-0.25, -0.2) is 9.59 Å². The van der Waals surface area contributed by atoms with Crippen LogP contribution in [0.3, 0.4) is 0 Å². The Morgan fingerprint density at radius 2 is 1.63 bits per heavy atom. The van der Waals surface area contributed by atoms with Crippen LogP contribution in [0, 0.1) is 17.8 Å². The topological polar surface area (TPSA) is 95.9 Å². The molecule has 1 aliphatic heterocycles. The van der Waals surface area contributed by atoms with Crippen molar-refractivity contribution in [3.63, 3.8) is 0 Å². The molecule has 0 aromatic heterocycles. The normalized spacial score (nSPS) is 25.5. The first kappa shape index (κ1) is 22.1. The third-order valence-corrected chi connectivity index (χ3v) is 8.40. The number of rotatable bonds is 6. The molecule has 2 amide bonds. The summed E-state index contributed by atoms with van der Waals surface area (Å²) in [6.07, 6.45) is 3.90. The van der Waals surface area contributed by atoms with Gasteiger partial charge in [0.1, 0.15) is 18.7 Å². The number of carboxylic acids is 1. The Hall–Kier alpha value is -3.35. The average molecular weight is 475 g/mol. The second-order valence-electron chi connectivity index (χ2n) is 10.4. The minimum absolute atomic E-state index is 0.0192. The number of nitrogens with one attached hydrogen (secondary N) is 1. The third-order valence-electron chi connectivity index (χ3n) is 8.40. The zero-order valence-corrected chi connectivity index (χ0v) is 19.6. The van der Waals surface area contributed by atoms with E-state index in [0.717, 1.165) is 54.4 Å². The second kappa shape index (κ2) is 8.70. The largest absolute Gasteiger partial charge is 0.480 e. The van der Waals surface area contributed by atoms with Crippen LogP contribution in [0.1, 0.15) is 49.1 Å². The lowest BCUT2D eigenvalue weighted by Crippen LogP contribution is -2.53. The molecule has 7 nitrogen and oxygen atoms in total. The van der Waals surface area contributed by atoms with Gasteiger partial charge < -0.3 is 20.1 Å². The summed E-state index contributed by atoms with van der Waals surface area (Å²) in [6, 6.07) is 14.8. The Morgan fingerprint density at radius 3 is 2.26 bits per heavy atom. The quantitative estimate of drug-likeness (QED) is 0.659. The lowest BCUT2D eigenvalue weighted by Gasteiger charge is -2.29. The average Bonchev–Trinajstić information content (AvgIpc) is 3.36. The molecule has 6 rings (SSSR count). The van der Waals surface area contributed by atoms with Crippen LogP contribution in [0.5, 0.6) is 0 Å². The fraction of sp³-hybridized carbons (Fsp3) is 0.464. The van der Waals surface area contributed by atoms with Gasteiger partial charge in [-0.05, 0) is 65.7 Å². The lowest BCUT2D eigenvalue weighted by atomic mass is 9.94. The molecular weight excluding hydrogens is 444 g/mol.